The van der Waals surface area contributed by atoms with Gasteiger partial charge in [0.15, 0.2) is 5.16 Å². The van der Waals surface area contributed by atoms with Crippen molar-refractivity contribution in [1.29, 1.82) is 0 Å². The second kappa shape index (κ2) is 9.79. The van der Waals surface area contributed by atoms with Crippen molar-refractivity contribution in [2.24, 2.45) is 7.05 Å². The topological polar surface area (TPSA) is 85.2 Å². The Labute approximate surface area is 173 Å². The van der Waals surface area contributed by atoms with E-state index in [1.807, 2.05) is 36.9 Å². The standard InChI is InChI=1S/C21H22N4O3S/c1-3-28-18-7-5-4-6-17(18)24-20(27)15-8-10-16(11-9-15)23-19(26)14-29-21-22-12-13-25(21)2/h4-13H,3,14H2,1-2H3,(H,23,26)(H,24,27). The molecule has 0 fully saturated rings. The fraction of sp³-hybridized carbons (Fsp3) is 0.190. The summed E-state index contributed by atoms with van der Waals surface area (Å²) in [6, 6.07) is 14.0. The molecular formula is C21H22N4O3S. The van der Waals surface area contributed by atoms with E-state index in [9.17, 15) is 9.59 Å². The van der Waals surface area contributed by atoms with Gasteiger partial charge in [0, 0.05) is 30.7 Å². The van der Waals surface area contributed by atoms with Crippen molar-refractivity contribution in [2.75, 3.05) is 23.0 Å². The summed E-state index contributed by atoms with van der Waals surface area (Å²) in [6.45, 7) is 2.40. The molecule has 150 valence electrons. The monoisotopic (exact) mass is 410 g/mol. The van der Waals surface area contributed by atoms with E-state index in [2.05, 4.69) is 15.6 Å². The molecule has 0 saturated carbocycles. The maximum absolute atomic E-state index is 12.5. The van der Waals surface area contributed by atoms with Crippen LogP contribution in [0.5, 0.6) is 5.75 Å². The zero-order valence-electron chi connectivity index (χ0n) is 16.2. The third-order valence-corrected chi connectivity index (χ3v) is 5.03. The van der Waals surface area contributed by atoms with Gasteiger partial charge in [0.25, 0.3) is 5.91 Å². The largest absolute Gasteiger partial charge is 0.492 e. The number of ether oxygens (including phenoxy) is 1. The van der Waals surface area contributed by atoms with E-state index in [0.717, 1.165) is 5.16 Å². The number of nitrogens with zero attached hydrogens (tertiary/aromatic N) is 2. The van der Waals surface area contributed by atoms with E-state index < -0.39 is 0 Å². The van der Waals surface area contributed by atoms with Crippen LogP contribution in [0.25, 0.3) is 0 Å². The van der Waals surface area contributed by atoms with Crippen LogP contribution < -0.4 is 15.4 Å². The van der Waals surface area contributed by atoms with Crippen molar-refractivity contribution in [3.8, 4) is 5.75 Å². The van der Waals surface area contributed by atoms with Gasteiger partial charge in [-0.05, 0) is 43.3 Å². The van der Waals surface area contributed by atoms with Gasteiger partial charge in [-0.3, -0.25) is 9.59 Å². The summed E-state index contributed by atoms with van der Waals surface area (Å²) in [5, 5.41) is 6.44. The first-order valence-corrected chi connectivity index (χ1v) is 10.1. The Morgan fingerprint density at radius 1 is 1.10 bits per heavy atom. The maximum atomic E-state index is 12.5. The molecule has 8 heteroatoms. The van der Waals surface area contributed by atoms with Crippen LogP contribution in [0.3, 0.4) is 0 Å². The van der Waals surface area contributed by atoms with Crippen LogP contribution in [-0.2, 0) is 11.8 Å². The molecular weight excluding hydrogens is 388 g/mol. The number of amides is 2. The summed E-state index contributed by atoms with van der Waals surface area (Å²) in [6.07, 6.45) is 3.52. The number of carbonyl (C=O) groups excluding carboxylic acids is 2. The number of hydrogen-bond donors (Lipinski definition) is 2. The van der Waals surface area contributed by atoms with E-state index in [-0.39, 0.29) is 17.6 Å². The predicted molar refractivity (Wildman–Crippen MR) is 115 cm³/mol. The summed E-state index contributed by atoms with van der Waals surface area (Å²) in [5.74, 6) is 0.486. The van der Waals surface area contributed by atoms with Crippen molar-refractivity contribution in [3.63, 3.8) is 0 Å². The van der Waals surface area contributed by atoms with Crippen molar-refractivity contribution >= 4 is 35.0 Å². The van der Waals surface area contributed by atoms with Crippen LogP contribution in [-0.4, -0.2) is 33.7 Å². The van der Waals surface area contributed by atoms with E-state index in [0.29, 0.717) is 29.3 Å². The number of imidazole rings is 1. The maximum Gasteiger partial charge on any atom is 0.255 e. The smallest absolute Gasteiger partial charge is 0.255 e. The number of rotatable bonds is 8. The average Bonchev–Trinajstić information content (AvgIpc) is 3.13. The van der Waals surface area contributed by atoms with Crippen LogP contribution in [0.4, 0.5) is 11.4 Å². The lowest BCUT2D eigenvalue weighted by Gasteiger charge is -2.11. The Balaban J connectivity index is 1.56. The molecule has 0 aliphatic rings. The Kier molecular flexibility index (Phi) is 6.91. The Morgan fingerprint density at radius 3 is 2.55 bits per heavy atom. The number of hydrogen-bond acceptors (Lipinski definition) is 5. The molecule has 2 N–H and O–H groups in total. The molecule has 1 heterocycles. The van der Waals surface area contributed by atoms with Gasteiger partial charge in [-0.15, -0.1) is 0 Å². The third-order valence-electron chi connectivity index (χ3n) is 3.98. The van der Waals surface area contributed by atoms with E-state index in [1.165, 1.54) is 11.8 Å². The summed E-state index contributed by atoms with van der Waals surface area (Å²) in [5.41, 5.74) is 1.72. The zero-order chi connectivity index (χ0) is 20.6. The molecule has 0 aliphatic heterocycles. The van der Waals surface area contributed by atoms with Gasteiger partial charge in [-0.2, -0.15) is 0 Å². The minimum absolute atomic E-state index is 0.138. The molecule has 3 rings (SSSR count). The molecule has 1 aromatic heterocycles. The molecule has 0 aliphatic carbocycles. The first-order valence-electron chi connectivity index (χ1n) is 9.10. The summed E-state index contributed by atoms with van der Waals surface area (Å²) in [7, 11) is 1.88. The lowest BCUT2D eigenvalue weighted by atomic mass is 10.2. The van der Waals surface area contributed by atoms with Crippen molar-refractivity contribution in [3.05, 3.63) is 66.5 Å². The highest BCUT2D eigenvalue weighted by molar-refractivity contribution is 7.99. The van der Waals surface area contributed by atoms with E-state index >= 15 is 0 Å². The molecule has 0 atom stereocenters. The highest BCUT2D eigenvalue weighted by Gasteiger charge is 2.11. The normalized spacial score (nSPS) is 10.4. The predicted octanol–water partition coefficient (Wildman–Crippen LogP) is 3.80. The summed E-state index contributed by atoms with van der Waals surface area (Å²) >= 11 is 1.36. The molecule has 2 amide bonds. The second-order valence-corrected chi connectivity index (χ2v) is 7.06. The molecule has 7 nitrogen and oxygen atoms in total. The Morgan fingerprint density at radius 2 is 1.86 bits per heavy atom. The Hall–Kier alpha value is -3.26. The van der Waals surface area contributed by atoms with Crippen molar-refractivity contribution in [1.82, 2.24) is 9.55 Å². The number of carbonyl (C=O) groups is 2. The summed E-state index contributed by atoms with van der Waals surface area (Å²) < 4.78 is 7.38. The first-order chi connectivity index (χ1) is 14.1. The third kappa shape index (κ3) is 5.61. The minimum Gasteiger partial charge on any atom is -0.492 e. The SMILES string of the molecule is CCOc1ccccc1NC(=O)c1ccc(NC(=O)CSc2nccn2C)cc1. The highest BCUT2D eigenvalue weighted by Crippen LogP contribution is 2.24. The van der Waals surface area contributed by atoms with E-state index in [1.54, 1.807) is 42.6 Å². The molecule has 29 heavy (non-hydrogen) atoms. The lowest BCUT2D eigenvalue weighted by Crippen LogP contribution is -2.15. The average molecular weight is 410 g/mol. The number of aryl methyl sites for hydroxylation is 1. The molecule has 2 aromatic carbocycles. The van der Waals surface area contributed by atoms with Crippen LogP contribution in [0.1, 0.15) is 17.3 Å². The molecule has 0 bridgehead atoms. The molecule has 0 radical (unpaired) electrons. The molecule has 0 spiro atoms. The van der Waals surface area contributed by atoms with Gasteiger partial charge < -0.3 is 19.9 Å². The van der Waals surface area contributed by atoms with Gasteiger partial charge >= 0.3 is 0 Å². The summed E-state index contributed by atoms with van der Waals surface area (Å²) in [4.78, 5) is 28.8. The molecule has 3 aromatic rings. The molecule has 0 unspecified atom stereocenters. The second-order valence-electron chi connectivity index (χ2n) is 6.12. The molecule has 0 saturated heterocycles. The van der Waals surface area contributed by atoms with Crippen LogP contribution >= 0.6 is 11.8 Å². The number of thioether (sulfide) groups is 1. The number of para-hydroxylation sites is 2. The quantitative estimate of drug-likeness (QED) is 0.552. The van der Waals surface area contributed by atoms with Crippen molar-refractivity contribution in [2.45, 2.75) is 12.1 Å². The van der Waals surface area contributed by atoms with Gasteiger partial charge in [-0.1, -0.05) is 23.9 Å². The van der Waals surface area contributed by atoms with Crippen molar-refractivity contribution < 1.29 is 14.3 Å². The first kappa shape index (κ1) is 20.5. The van der Waals surface area contributed by atoms with Crippen LogP contribution in [0.2, 0.25) is 0 Å². The number of nitrogens with one attached hydrogen (secondary N) is 2. The lowest BCUT2D eigenvalue weighted by molar-refractivity contribution is -0.113. The van der Waals surface area contributed by atoms with Gasteiger partial charge in [0.05, 0.1) is 18.0 Å². The van der Waals surface area contributed by atoms with Crippen LogP contribution in [0, 0.1) is 0 Å². The minimum atomic E-state index is -0.250. The number of benzene rings is 2. The Bertz CT molecular complexity index is 986. The fourth-order valence-corrected chi connectivity index (χ4v) is 3.30. The highest BCUT2D eigenvalue weighted by atomic mass is 32.2. The van der Waals surface area contributed by atoms with E-state index in [4.69, 9.17) is 4.74 Å². The van der Waals surface area contributed by atoms with Crippen LogP contribution in [0.15, 0.2) is 66.1 Å². The van der Waals surface area contributed by atoms with Gasteiger partial charge in [0.2, 0.25) is 5.91 Å². The number of anilines is 2. The van der Waals surface area contributed by atoms with Gasteiger partial charge in [0.1, 0.15) is 5.75 Å². The fourth-order valence-electron chi connectivity index (χ4n) is 2.57. The zero-order valence-corrected chi connectivity index (χ0v) is 17.0. The van der Waals surface area contributed by atoms with Gasteiger partial charge in [-0.25, -0.2) is 4.98 Å². The number of aromatic nitrogens is 2.